The van der Waals surface area contributed by atoms with Gasteiger partial charge >= 0.3 is 5.69 Å². The molecule has 0 saturated carbocycles. The Morgan fingerprint density at radius 2 is 2.19 bits per heavy atom. The van der Waals surface area contributed by atoms with Crippen LogP contribution in [0.15, 0.2) is 18.2 Å². The highest BCUT2D eigenvalue weighted by Crippen LogP contribution is 2.31. The van der Waals surface area contributed by atoms with Crippen molar-refractivity contribution in [2.75, 3.05) is 7.05 Å². The molecule has 21 heavy (non-hydrogen) atoms. The summed E-state index contributed by atoms with van der Waals surface area (Å²) < 4.78 is 14.3. The van der Waals surface area contributed by atoms with Crippen molar-refractivity contribution >= 4 is 5.69 Å². The molecule has 0 radical (unpaired) electrons. The normalized spacial score (nSPS) is 12.4. The van der Waals surface area contributed by atoms with Crippen LogP contribution in [-0.4, -0.2) is 27.0 Å². The van der Waals surface area contributed by atoms with Crippen LogP contribution in [0.5, 0.6) is 0 Å². The predicted octanol–water partition coefficient (Wildman–Crippen LogP) is 2.29. The van der Waals surface area contributed by atoms with Gasteiger partial charge in [-0.25, -0.2) is 0 Å². The number of aryl methyl sites for hydroxylation is 1. The van der Waals surface area contributed by atoms with E-state index in [-0.39, 0.29) is 11.6 Å². The highest BCUT2D eigenvalue weighted by molar-refractivity contribution is 5.66. The lowest BCUT2D eigenvalue weighted by Gasteiger charge is -2.08. The molecule has 1 unspecified atom stereocenters. The van der Waals surface area contributed by atoms with Gasteiger partial charge in [0.1, 0.15) is 11.4 Å². The maximum absolute atomic E-state index is 14.3. The number of hydrogen-bond donors (Lipinski definition) is 1. The molecular weight excluding hydrogens is 277 g/mol. The third-order valence-electron chi connectivity index (χ3n) is 3.24. The molecule has 0 fully saturated rings. The zero-order valence-corrected chi connectivity index (χ0v) is 12.0. The van der Waals surface area contributed by atoms with E-state index < -0.39 is 16.4 Å². The zero-order valence-electron chi connectivity index (χ0n) is 12.0. The minimum Gasteiger partial charge on any atom is -0.312 e. The van der Waals surface area contributed by atoms with E-state index in [2.05, 4.69) is 15.5 Å². The molecule has 1 N–H and O–H groups in total. The number of halogens is 1. The number of hydrogen-bond acceptors (Lipinski definition) is 5. The second-order valence-electron chi connectivity index (χ2n) is 4.53. The van der Waals surface area contributed by atoms with Gasteiger partial charge in [0.05, 0.1) is 17.5 Å². The Kier molecular flexibility index (Phi) is 4.27. The van der Waals surface area contributed by atoms with Crippen LogP contribution in [0.3, 0.4) is 0 Å². The van der Waals surface area contributed by atoms with Crippen molar-refractivity contribution in [3.8, 4) is 11.3 Å². The van der Waals surface area contributed by atoms with Crippen molar-refractivity contribution < 1.29 is 9.31 Å². The molecule has 112 valence electrons. The lowest BCUT2D eigenvalue weighted by Crippen LogP contribution is -2.14. The SMILES string of the molecule is CCn1nc(-c2cccc([N+](=O)[O-])c2F)c(C(C)NC)n1. The number of nitrogens with zero attached hydrogens (tertiary/aromatic N) is 4. The Morgan fingerprint density at radius 3 is 2.76 bits per heavy atom. The first-order chi connectivity index (χ1) is 9.99. The van der Waals surface area contributed by atoms with Crippen LogP contribution < -0.4 is 5.32 Å². The maximum Gasteiger partial charge on any atom is 0.305 e. The highest BCUT2D eigenvalue weighted by Gasteiger charge is 2.24. The van der Waals surface area contributed by atoms with Gasteiger partial charge in [-0.15, -0.1) is 0 Å². The van der Waals surface area contributed by atoms with Crippen LogP contribution in [0.2, 0.25) is 0 Å². The van der Waals surface area contributed by atoms with E-state index in [1.54, 1.807) is 7.05 Å². The van der Waals surface area contributed by atoms with Crippen LogP contribution in [0.1, 0.15) is 25.6 Å². The van der Waals surface area contributed by atoms with E-state index in [0.29, 0.717) is 17.9 Å². The van der Waals surface area contributed by atoms with Gasteiger partial charge in [-0.05, 0) is 27.0 Å². The number of nitro benzene ring substituents is 1. The lowest BCUT2D eigenvalue weighted by molar-refractivity contribution is -0.387. The summed E-state index contributed by atoms with van der Waals surface area (Å²) >= 11 is 0. The van der Waals surface area contributed by atoms with Crippen LogP contribution in [-0.2, 0) is 6.54 Å². The maximum atomic E-state index is 14.3. The molecule has 8 heteroatoms. The largest absolute Gasteiger partial charge is 0.312 e. The Morgan fingerprint density at radius 1 is 1.48 bits per heavy atom. The average molecular weight is 293 g/mol. The van der Waals surface area contributed by atoms with Crippen molar-refractivity contribution in [1.82, 2.24) is 20.3 Å². The first-order valence-electron chi connectivity index (χ1n) is 6.55. The summed E-state index contributed by atoms with van der Waals surface area (Å²) in [5.74, 6) is -0.893. The predicted molar refractivity (Wildman–Crippen MR) is 75.2 cm³/mol. The van der Waals surface area contributed by atoms with Gasteiger partial charge in [-0.3, -0.25) is 10.1 Å². The molecule has 0 aliphatic rings. The number of benzene rings is 1. The topological polar surface area (TPSA) is 85.9 Å². The quantitative estimate of drug-likeness (QED) is 0.675. The van der Waals surface area contributed by atoms with Gasteiger partial charge in [-0.1, -0.05) is 6.07 Å². The number of nitrogens with one attached hydrogen (secondary N) is 1. The summed E-state index contributed by atoms with van der Waals surface area (Å²) in [6.07, 6.45) is 0. The smallest absolute Gasteiger partial charge is 0.305 e. The van der Waals surface area contributed by atoms with E-state index in [1.165, 1.54) is 16.9 Å². The molecule has 0 aliphatic carbocycles. The number of aromatic nitrogens is 3. The minimum atomic E-state index is -0.893. The third-order valence-corrected chi connectivity index (χ3v) is 3.24. The van der Waals surface area contributed by atoms with Crippen molar-refractivity contribution in [2.45, 2.75) is 26.4 Å². The first kappa shape index (κ1) is 15.0. The summed E-state index contributed by atoms with van der Waals surface area (Å²) in [6.45, 7) is 4.25. The fourth-order valence-electron chi connectivity index (χ4n) is 1.97. The first-order valence-corrected chi connectivity index (χ1v) is 6.55. The van der Waals surface area contributed by atoms with E-state index >= 15 is 0 Å². The van der Waals surface area contributed by atoms with Crippen LogP contribution in [0.25, 0.3) is 11.3 Å². The van der Waals surface area contributed by atoms with E-state index in [4.69, 9.17) is 0 Å². The van der Waals surface area contributed by atoms with Crippen molar-refractivity contribution in [1.29, 1.82) is 0 Å². The standard InChI is InChI=1S/C13H16FN5O2/c1-4-18-16-12(8(2)15-3)13(17-18)9-6-5-7-10(11(9)14)19(20)21/h5-8,15H,4H2,1-3H3. The van der Waals surface area contributed by atoms with Gasteiger partial charge < -0.3 is 5.32 Å². The summed E-state index contributed by atoms with van der Waals surface area (Å²) in [5, 5.41) is 22.4. The van der Waals surface area contributed by atoms with Crippen molar-refractivity contribution in [2.24, 2.45) is 0 Å². The van der Waals surface area contributed by atoms with Crippen LogP contribution in [0.4, 0.5) is 10.1 Å². The molecule has 1 atom stereocenters. The Labute approximate surface area is 120 Å². The third kappa shape index (κ3) is 2.75. The van der Waals surface area contributed by atoms with Gasteiger partial charge in [0, 0.05) is 11.6 Å². The second kappa shape index (κ2) is 5.96. The second-order valence-corrected chi connectivity index (χ2v) is 4.53. The average Bonchev–Trinajstić information content (AvgIpc) is 2.90. The van der Waals surface area contributed by atoms with Gasteiger partial charge in [0.25, 0.3) is 0 Å². The van der Waals surface area contributed by atoms with Crippen LogP contribution >= 0.6 is 0 Å². The van der Waals surface area contributed by atoms with Gasteiger partial charge in [0.15, 0.2) is 0 Å². The highest BCUT2D eigenvalue weighted by atomic mass is 19.1. The van der Waals surface area contributed by atoms with Crippen molar-refractivity contribution in [3.63, 3.8) is 0 Å². The minimum absolute atomic E-state index is 0.0843. The summed E-state index contributed by atoms with van der Waals surface area (Å²) in [5.41, 5.74) is 0.390. The van der Waals surface area contributed by atoms with Gasteiger partial charge in [-0.2, -0.15) is 19.4 Å². The number of nitro groups is 1. The zero-order chi connectivity index (χ0) is 15.6. The van der Waals surface area contributed by atoms with E-state index in [9.17, 15) is 14.5 Å². The van der Waals surface area contributed by atoms with Crippen LogP contribution in [0, 0.1) is 15.9 Å². The molecule has 2 rings (SSSR count). The fourth-order valence-corrected chi connectivity index (χ4v) is 1.97. The molecule has 7 nitrogen and oxygen atoms in total. The molecule has 0 aliphatic heterocycles. The van der Waals surface area contributed by atoms with Gasteiger partial charge in [0.2, 0.25) is 5.82 Å². The molecule has 0 spiro atoms. The summed E-state index contributed by atoms with van der Waals surface area (Å²) in [6, 6.07) is 3.89. The molecule has 0 saturated heterocycles. The Balaban J connectivity index is 2.64. The Bertz CT molecular complexity index is 671. The molecule has 1 heterocycles. The monoisotopic (exact) mass is 293 g/mol. The molecule has 2 aromatic rings. The van der Waals surface area contributed by atoms with Crippen molar-refractivity contribution in [3.05, 3.63) is 39.8 Å². The Hall–Kier alpha value is -2.35. The molecule has 1 aromatic heterocycles. The molecular formula is C13H16FN5O2. The van der Waals surface area contributed by atoms with E-state index in [0.717, 1.165) is 6.07 Å². The van der Waals surface area contributed by atoms with E-state index in [1.807, 2.05) is 13.8 Å². The summed E-state index contributed by atoms with van der Waals surface area (Å²) in [4.78, 5) is 11.5. The number of rotatable bonds is 5. The lowest BCUT2D eigenvalue weighted by atomic mass is 10.1. The molecule has 0 amide bonds. The fraction of sp³-hybridized carbons (Fsp3) is 0.385. The molecule has 0 bridgehead atoms. The summed E-state index contributed by atoms with van der Waals surface area (Å²) in [7, 11) is 1.75. The molecule has 1 aromatic carbocycles.